The number of ether oxygens (including phenoxy) is 1. The second kappa shape index (κ2) is 10.2. The van der Waals surface area contributed by atoms with Gasteiger partial charge in [0.25, 0.3) is 0 Å². The Labute approximate surface area is 198 Å². The molecular weight excluding hydrogens is 437 g/mol. The van der Waals surface area contributed by atoms with E-state index in [2.05, 4.69) is 20.9 Å². The van der Waals surface area contributed by atoms with Crippen molar-refractivity contribution in [2.45, 2.75) is 69.9 Å². The zero-order valence-electron chi connectivity index (χ0n) is 19.3. The molecule has 0 bridgehead atoms. The van der Waals surface area contributed by atoms with E-state index in [1.54, 1.807) is 6.20 Å². The van der Waals surface area contributed by atoms with Crippen LogP contribution in [-0.4, -0.2) is 46.0 Å². The molecule has 3 fully saturated rings. The maximum absolute atomic E-state index is 14.3. The molecule has 0 radical (unpaired) electrons. The molecule has 1 aliphatic heterocycles. The number of amides is 2. The highest BCUT2D eigenvalue weighted by Gasteiger charge is 2.34. The molecule has 1 aromatic heterocycles. The molecule has 2 aromatic rings. The van der Waals surface area contributed by atoms with Crippen LogP contribution in [-0.2, 0) is 22.6 Å². The number of nitrogens with zero attached hydrogens (tertiary/aromatic N) is 3. The van der Waals surface area contributed by atoms with Gasteiger partial charge >= 0.3 is 0 Å². The largest absolute Gasteiger partial charge is 0.490 e. The molecule has 2 N–H and O–H groups in total. The van der Waals surface area contributed by atoms with Crippen molar-refractivity contribution in [3.63, 3.8) is 0 Å². The minimum absolute atomic E-state index is 0.203. The predicted octanol–water partition coefficient (Wildman–Crippen LogP) is 2.73. The molecule has 8 nitrogen and oxygen atoms in total. The maximum Gasteiger partial charge on any atom is 0.243 e. The van der Waals surface area contributed by atoms with Gasteiger partial charge in [0.05, 0.1) is 31.1 Å². The summed E-state index contributed by atoms with van der Waals surface area (Å²) >= 11 is 0. The van der Waals surface area contributed by atoms with E-state index in [1.807, 2.05) is 16.8 Å². The molecule has 1 saturated heterocycles. The smallest absolute Gasteiger partial charge is 0.243 e. The van der Waals surface area contributed by atoms with E-state index >= 15 is 0 Å². The van der Waals surface area contributed by atoms with Gasteiger partial charge in [0.2, 0.25) is 11.8 Å². The summed E-state index contributed by atoms with van der Waals surface area (Å²) in [5.41, 5.74) is 2.14. The van der Waals surface area contributed by atoms with Crippen LogP contribution in [0.4, 0.5) is 4.39 Å². The van der Waals surface area contributed by atoms with Crippen LogP contribution in [0.2, 0.25) is 0 Å². The van der Waals surface area contributed by atoms with Crippen molar-refractivity contribution in [3.8, 4) is 5.75 Å². The second-order valence-electron chi connectivity index (χ2n) is 9.86. The topological polar surface area (TPSA) is 98.1 Å². The number of halogens is 1. The summed E-state index contributed by atoms with van der Waals surface area (Å²) in [5.74, 6) is 0.988. The standard InChI is InChI=1S/C25H32FN5O3/c26-21-8-7-18(12-23(21)34-15-16-3-4-16)20(17-5-6-17)14-31-19(13-28-30-31)2-1-11-27-22-9-10-24(32)29-25(22)33/h7-8,12-13,16-17,20,22,27H,1-6,9-11,14-15H2,(H,29,32,33). The fourth-order valence-corrected chi connectivity index (χ4v) is 4.63. The molecule has 34 heavy (non-hydrogen) atoms. The molecule has 9 heteroatoms. The van der Waals surface area contributed by atoms with E-state index in [4.69, 9.17) is 4.74 Å². The number of benzene rings is 1. The molecule has 2 atom stereocenters. The maximum atomic E-state index is 14.3. The first-order chi connectivity index (χ1) is 16.6. The van der Waals surface area contributed by atoms with Gasteiger partial charge in [-0.15, -0.1) is 5.10 Å². The molecular formula is C25H32FN5O3. The number of carbonyl (C=O) groups is 2. The van der Waals surface area contributed by atoms with Crippen molar-refractivity contribution in [1.29, 1.82) is 0 Å². The van der Waals surface area contributed by atoms with E-state index in [0.717, 1.165) is 24.1 Å². The second-order valence-corrected chi connectivity index (χ2v) is 9.86. The number of imide groups is 1. The number of hydrogen-bond acceptors (Lipinski definition) is 6. The molecule has 2 unspecified atom stereocenters. The number of hydrogen-bond donors (Lipinski definition) is 2. The van der Waals surface area contributed by atoms with Crippen LogP contribution in [0.3, 0.4) is 0 Å². The summed E-state index contributed by atoms with van der Waals surface area (Å²) < 4.78 is 22.0. The zero-order valence-corrected chi connectivity index (χ0v) is 19.3. The van der Waals surface area contributed by atoms with Gasteiger partial charge in [-0.25, -0.2) is 9.07 Å². The van der Waals surface area contributed by atoms with Crippen molar-refractivity contribution in [2.75, 3.05) is 13.2 Å². The summed E-state index contributed by atoms with van der Waals surface area (Å²) in [6.07, 6.45) is 8.99. The first-order valence-electron chi connectivity index (χ1n) is 12.4. The van der Waals surface area contributed by atoms with Crippen LogP contribution in [0.1, 0.15) is 62.1 Å². The Morgan fingerprint density at radius 3 is 2.82 bits per heavy atom. The van der Waals surface area contributed by atoms with Gasteiger partial charge in [-0.05, 0) is 81.0 Å². The van der Waals surface area contributed by atoms with Crippen LogP contribution >= 0.6 is 0 Å². The molecule has 2 amide bonds. The molecule has 1 aromatic carbocycles. The van der Waals surface area contributed by atoms with E-state index < -0.39 is 0 Å². The summed E-state index contributed by atoms with van der Waals surface area (Å²) in [6.45, 7) is 1.96. The van der Waals surface area contributed by atoms with Gasteiger partial charge in [-0.1, -0.05) is 11.3 Å². The van der Waals surface area contributed by atoms with Crippen LogP contribution in [0.5, 0.6) is 5.75 Å². The number of aryl methyl sites for hydroxylation is 1. The normalized spacial score (nSPS) is 21.4. The lowest BCUT2D eigenvalue weighted by atomic mass is 9.93. The average molecular weight is 470 g/mol. The lowest BCUT2D eigenvalue weighted by molar-refractivity contribution is -0.134. The minimum atomic E-state index is -0.310. The van der Waals surface area contributed by atoms with Crippen molar-refractivity contribution in [2.24, 2.45) is 11.8 Å². The minimum Gasteiger partial charge on any atom is -0.490 e. The third-order valence-corrected chi connectivity index (χ3v) is 7.05. The highest BCUT2D eigenvalue weighted by molar-refractivity contribution is 6.00. The zero-order chi connectivity index (χ0) is 23.5. The Bertz CT molecular complexity index is 1030. The third-order valence-electron chi connectivity index (χ3n) is 7.05. The molecule has 2 saturated carbocycles. The number of nitrogens with one attached hydrogen (secondary N) is 2. The van der Waals surface area contributed by atoms with Crippen LogP contribution in [0, 0.1) is 17.7 Å². The first-order valence-corrected chi connectivity index (χ1v) is 12.4. The highest BCUT2D eigenvalue weighted by Crippen LogP contribution is 2.44. The van der Waals surface area contributed by atoms with Gasteiger partial charge in [-0.3, -0.25) is 14.9 Å². The third kappa shape index (κ3) is 5.81. The molecule has 5 rings (SSSR count). The Morgan fingerprint density at radius 1 is 1.21 bits per heavy atom. The van der Waals surface area contributed by atoms with Gasteiger partial charge in [0.1, 0.15) is 0 Å². The molecule has 0 spiro atoms. The van der Waals surface area contributed by atoms with E-state index in [9.17, 15) is 14.0 Å². The lowest BCUT2D eigenvalue weighted by Crippen LogP contribution is -2.50. The molecule has 182 valence electrons. The predicted molar refractivity (Wildman–Crippen MR) is 123 cm³/mol. The number of aromatic nitrogens is 3. The van der Waals surface area contributed by atoms with Crippen LogP contribution in [0.25, 0.3) is 0 Å². The number of piperidine rings is 1. The quantitative estimate of drug-likeness (QED) is 0.366. The Morgan fingerprint density at radius 2 is 2.06 bits per heavy atom. The van der Waals surface area contributed by atoms with Gasteiger partial charge in [0, 0.05) is 12.3 Å². The number of carbonyl (C=O) groups excluding carboxylic acids is 2. The Kier molecular flexibility index (Phi) is 6.89. The van der Waals surface area contributed by atoms with E-state index in [0.29, 0.717) is 50.1 Å². The SMILES string of the molecule is O=C1CCC(NCCCc2cnnn2CC(c2ccc(F)c(OCC3CC3)c2)C2CC2)C(=O)N1. The first kappa shape index (κ1) is 23.0. The fraction of sp³-hybridized carbons (Fsp3) is 0.600. The summed E-state index contributed by atoms with van der Waals surface area (Å²) in [4.78, 5) is 23.2. The molecule has 2 heterocycles. The van der Waals surface area contributed by atoms with Gasteiger partial charge in [0.15, 0.2) is 11.6 Å². The van der Waals surface area contributed by atoms with Crippen LogP contribution in [0.15, 0.2) is 24.4 Å². The van der Waals surface area contributed by atoms with Crippen molar-refractivity contribution >= 4 is 11.8 Å². The van der Waals surface area contributed by atoms with Crippen molar-refractivity contribution in [1.82, 2.24) is 25.6 Å². The van der Waals surface area contributed by atoms with Gasteiger partial charge in [-0.2, -0.15) is 0 Å². The van der Waals surface area contributed by atoms with E-state index in [-0.39, 0.29) is 29.6 Å². The average Bonchev–Trinajstić information content (AvgIpc) is 3.75. The van der Waals surface area contributed by atoms with Crippen molar-refractivity contribution < 1.29 is 18.7 Å². The Balaban J connectivity index is 1.18. The summed E-state index contributed by atoms with van der Waals surface area (Å²) in [6, 6.07) is 4.97. The lowest BCUT2D eigenvalue weighted by Gasteiger charge is -2.22. The fourth-order valence-electron chi connectivity index (χ4n) is 4.63. The summed E-state index contributed by atoms with van der Waals surface area (Å²) in [7, 11) is 0. The molecule has 2 aliphatic carbocycles. The highest BCUT2D eigenvalue weighted by atomic mass is 19.1. The van der Waals surface area contributed by atoms with Crippen molar-refractivity contribution in [3.05, 3.63) is 41.5 Å². The van der Waals surface area contributed by atoms with Gasteiger partial charge < -0.3 is 10.1 Å². The summed E-state index contributed by atoms with van der Waals surface area (Å²) in [5, 5.41) is 14.1. The monoisotopic (exact) mass is 469 g/mol. The number of rotatable bonds is 12. The van der Waals surface area contributed by atoms with Crippen LogP contribution < -0.4 is 15.4 Å². The Hall–Kier alpha value is -2.81. The van der Waals surface area contributed by atoms with E-state index in [1.165, 1.54) is 31.7 Å². The molecule has 3 aliphatic rings.